The van der Waals surface area contributed by atoms with E-state index in [1.54, 1.807) is 26.8 Å². The lowest BCUT2D eigenvalue weighted by Gasteiger charge is -2.22. The summed E-state index contributed by atoms with van der Waals surface area (Å²) in [5.41, 5.74) is 7.52. The van der Waals surface area contributed by atoms with Gasteiger partial charge in [-0.3, -0.25) is 4.79 Å². The molecular formula is C15H27N5O3. The van der Waals surface area contributed by atoms with Crippen LogP contribution in [0.4, 0.5) is 4.79 Å². The molecule has 0 spiro atoms. The summed E-state index contributed by atoms with van der Waals surface area (Å²) >= 11 is 0. The molecule has 0 aromatic heterocycles. The molecule has 0 aliphatic rings. The van der Waals surface area contributed by atoms with Crippen LogP contribution in [0.2, 0.25) is 0 Å². The Morgan fingerprint density at radius 2 is 2.04 bits per heavy atom. The van der Waals surface area contributed by atoms with Crippen LogP contribution in [0.3, 0.4) is 0 Å². The van der Waals surface area contributed by atoms with Gasteiger partial charge in [-0.15, -0.1) is 6.58 Å². The number of rotatable bonds is 10. The Labute approximate surface area is 137 Å². The molecule has 0 rings (SSSR count). The molecule has 8 heteroatoms. The van der Waals surface area contributed by atoms with Gasteiger partial charge in [0.05, 0.1) is 0 Å². The zero-order chi connectivity index (χ0) is 17.7. The summed E-state index contributed by atoms with van der Waals surface area (Å²) in [6.45, 7) is 9.82. The number of azide groups is 1. The van der Waals surface area contributed by atoms with Crippen LogP contribution in [0.5, 0.6) is 0 Å². The van der Waals surface area contributed by atoms with Gasteiger partial charge in [0.2, 0.25) is 5.91 Å². The second kappa shape index (κ2) is 11.4. The van der Waals surface area contributed by atoms with Crippen LogP contribution >= 0.6 is 0 Å². The molecule has 2 amide bonds. The van der Waals surface area contributed by atoms with Crippen molar-refractivity contribution in [2.75, 3.05) is 13.1 Å². The first-order valence-corrected chi connectivity index (χ1v) is 7.69. The summed E-state index contributed by atoms with van der Waals surface area (Å²) in [6, 6.07) is -0.703. The number of hydrogen-bond donors (Lipinski definition) is 2. The summed E-state index contributed by atoms with van der Waals surface area (Å²) in [5, 5.41) is 8.75. The molecule has 130 valence electrons. The molecular weight excluding hydrogens is 298 g/mol. The Morgan fingerprint density at radius 3 is 2.61 bits per heavy atom. The van der Waals surface area contributed by atoms with Crippen molar-refractivity contribution in [2.45, 2.75) is 58.1 Å². The summed E-state index contributed by atoms with van der Waals surface area (Å²) in [4.78, 5) is 26.5. The topological polar surface area (TPSA) is 116 Å². The van der Waals surface area contributed by atoms with Crippen molar-refractivity contribution < 1.29 is 14.3 Å². The van der Waals surface area contributed by atoms with E-state index >= 15 is 0 Å². The highest BCUT2D eigenvalue weighted by Crippen LogP contribution is 2.07. The number of carbonyl (C=O) groups is 2. The molecule has 0 aromatic rings. The van der Waals surface area contributed by atoms with Crippen LogP contribution in [0, 0.1) is 0 Å². The minimum atomic E-state index is -0.703. The smallest absolute Gasteiger partial charge is 0.408 e. The highest BCUT2D eigenvalue weighted by molar-refractivity contribution is 5.85. The lowest BCUT2D eigenvalue weighted by molar-refractivity contribution is -0.123. The van der Waals surface area contributed by atoms with E-state index in [0.29, 0.717) is 19.5 Å². The third-order valence-corrected chi connectivity index (χ3v) is 2.71. The predicted octanol–water partition coefficient (Wildman–Crippen LogP) is 3.05. The fourth-order valence-corrected chi connectivity index (χ4v) is 1.71. The van der Waals surface area contributed by atoms with Crippen molar-refractivity contribution in [3.8, 4) is 0 Å². The number of unbranched alkanes of at least 4 members (excludes halogenated alkanes) is 2. The number of hydrogen-bond acceptors (Lipinski definition) is 4. The van der Waals surface area contributed by atoms with Gasteiger partial charge in [-0.2, -0.15) is 0 Å². The molecule has 1 atom stereocenters. The van der Waals surface area contributed by atoms with E-state index in [1.165, 1.54) is 0 Å². The molecule has 0 saturated carbocycles. The van der Waals surface area contributed by atoms with Gasteiger partial charge in [-0.25, -0.2) is 4.79 Å². The molecule has 0 aliphatic carbocycles. The molecule has 0 aromatic carbocycles. The van der Waals surface area contributed by atoms with Gasteiger partial charge >= 0.3 is 6.09 Å². The standard InChI is InChI=1S/C15H27N5O3/c1-5-9-12(19-14(22)23-15(2,3)4)13(21)17-10-7-6-8-11-18-20-16/h5,12H,1,6-11H2,2-4H3,(H,17,21)(H,19,22). The van der Waals surface area contributed by atoms with Crippen molar-refractivity contribution in [3.05, 3.63) is 23.1 Å². The molecule has 0 fully saturated rings. The van der Waals surface area contributed by atoms with Gasteiger partial charge in [0.15, 0.2) is 0 Å². The largest absolute Gasteiger partial charge is 0.444 e. The van der Waals surface area contributed by atoms with Crippen molar-refractivity contribution in [2.24, 2.45) is 5.11 Å². The maximum absolute atomic E-state index is 12.1. The SMILES string of the molecule is C=CCC(NC(=O)OC(C)(C)C)C(=O)NCCCCCN=[N+]=[N-]. The number of ether oxygens (including phenoxy) is 1. The number of nitrogens with one attached hydrogen (secondary N) is 2. The molecule has 23 heavy (non-hydrogen) atoms. The van der Waals surface area contributed by atoms with Crippen LogP contribution in [0.15, 0.2) is 17.8 Å². The quantitative estimate of drug-likeness (QED) is 0.211. The maximum Gasteiger partial charge on any atom is 0.408 e. The van der Waals surface area contributed by atoms with Crippen LogP contribution in [-0.4, -0.2) is 36.7 Å². The van der Waals surface area contributed by atoms with Crippen molar-refractivity contribution in [3.63, 3.8) is 0 Å². The first-order valence-electron chi connectivity index (χ1n) is 7.69. The normalized spacial score (nSPS) is 11.8. The van der Waals surface area contributed by atoms with Crippen LogP contribution < -0.4 is 10.6 Å². The van der Waals surface area contributed by atoms with E-state index in [-0.39, 0.29) is 5.91 Å². The van der Waals surface area contributed by atoms with E-state index < -0.39 is 17.7 Å². The fourth-order valence-electron chi connectivity index (χ4n) is 1.71. The summed E-state index contributed by atoms with van der Waals surface area (Å²) < 4.78 is 5.14. The summed E-state index contributed by atoms with van der Waals surface area (Å²) in [6.07, 6.45) is 3.68. The Kier molecular flexibility index (Phi) is 10.3. The molecule has 0 saturated heterocycles. The second-order valence-electron chi connectivity index (χ2n) is 6.03. The van der Waals surface area contributed by atoms with Crippen molar-refractivity contribution >= 4 is 12.0 Å². The van der Waals surface area contributed by atoms with E-state index in [1.807, 2.05) is 0 Å². The van der Waals surface area contributed by atoms with E-state index in [4.69, 9.17) is 10.3 Å². The Hall–Kier alpha value is -2.21. The first kappa shape index (κ1) is 20.8. The third kappa shape index (κ3) is 12.1. The molecule has 0 aliphatic heterocycles. The van der Waals surface area contributed by atoms with Gasteiger partial charge < -0.3 is 15.4 Å². The second-order valence-corrected chi connectivity index (χ2v) is 6.03. The lowest BCUT2D eigenvalue weighted by atomic mass is 10.2. The third-order valence-electron chi connectivity index (χ3n) is 2.71. The zero-order valence-electron chi connectivity index (χ0n) is 14.2. The average Bonchev–Trinajstić information content (AvgIpc) is 2.43. The highest BCUT2D eigenvalue weighted by Gasteiger charge is 2.23. The number of nitrogens with zero attached hydrogens (tertiary/aromatic N) is 3. The average molecular weight is 325 g/mol. The lowest BCUT2D eigenvalue weighted by Crippen LogP contribution is -2.48. The Balaban J connectivity index is 4.16. The Bertz CT molecular complexity index is 439. The van der Waals surface area contributed by atoms with Gasteiger partial charge in [-0.1, -0.05) is 17.6 Å². The first-order chi connectivity index (χ1) is 10.8. The van der Waals surface area contributed by atoms with Crippen LogP contribution in [0.1, 0.15) is 46.5 Å². The van der Waals surface area contributed by atoms with Crippen LogP contribution in [-0.2, 0) is 9.53 Å². The van der Waals surface area contributed by atoms with E-state index in [9.17, 15) is 9.59 Å². The van der Waals surface area contributed by atoms with Gasteiger partial charge in [0.25, 0.3) is 0 Å². The number of carbonyl (C=O) groups excluding carboxylic acids is 2. The minimum Gasteiger partial charge on any atom is -0.444 e. The van der Waals surface area contributed by atoms with Crippen molar-refractivity contribution in [1.82, 2.24) is 10.6 Å². The molecule has 8 nitrogen and oxygen atoms in total. The summed E-state index contributed by atoms with van der Waals surface area (Å²) in [7, 11) is 0. The minimum absolute atomic E-state index is 0.272. The Morgan fingerprint density at radius 1 is 1.35 bits per heavy atom. The van der Waals surface area contributed by atoms with Gasteiger partial charge in [0, 0.05) is 18.0 Å². The maximum atomic E-state index is 12.1. The van der Waals surface area contributed by atoms with E-state index in [2.05, 4.69) is 27.2 Å². The van der Waals surface area contributed by atoms with Crippen molar-refractivity contribution in [1.29, 1.82) is 0 Å². The molecule has 0 bridgehead atoms. The van der Waals surface area contributed by atoms with Gasteiger partial charge in [-0.05, 0) is 45.6 Å². The zero-order valence-corrected chi connectivity index (χ0v) is 14.2. The van der Waals surface area contributed by atoms with E-state index in [0.717, 1.165) is 19.3 Å². The monoisotopic (exact) mass is 325 g/mol. The summed E-state index contributed by atoms with van der Waals surface area (Å²) in [5.74, 6) is -0.272. The number of alkyl carbamates (subject to hydrolysis) is 1. The molecule has 0 heterocycles. The number of amides is 2. The van der Waals surface area contributed by atoms with Crippen LogP contribution in [0.25, 0.3) is 10.4 Å². The van der Waals surface area contributed by atoms with Gasteiger partial charge in [0.1, 0.15) is 11.6 Å². The predicted molar refractivity (Wildman–Crippen MR) is 88.8 cm³/mol. The molecule has 2 N–H and O–H groups in total. The molecule has 1 unspecified atom stereocenters. The molecule has 0 radical (unpaired) electrons. The fraction of sp³-hybridized carbons (Fsp3) is 0.733. The highest BCUT2D eigenvalue weighted by atomic mass is 16.6.